The molecule has 2 rings (SSSR count). The molecule has 1 aliphatic rings. The highest BCUT2D eigenvalue weighted by Crippen LogP contribution is 2.26. The fourth-order valence-electron chi connectivity index (χ4n) is 1.99. The number of carbonyl (C=O) groups excluding carboxylic acids is 1. The third-order valence-corrected chi connectivity index (χ3v) is 2.97. The lowest BCUT2D eigenvalue weighted by molar-refractivity contribution is 0.0204. The van der Waals surface area contributed by atoms with Crippen molar-refractivity contribution < 1.29 is 9.53 Å². The van der Waals surface area contributed by atoms with Crippen molar-refractivity contribution in [3.05, 3.63) is 28.5 Å². The Bertz CT molecular complexity index is 499. The number of rotatable bonds is 0. The van der Waals surface area contributed by atoms with Gasteiger partial charge in [-0.25, -0.2) is 9.78 Å². The van der Waals surface area contributed by atoms with E-state index in [0.717, 1.165) is 11.3 Å². The van der Waals surface area contributed by atoms with Gasteiger partial charge in [-0.3, -0.25) is 0 Å². The number of ether oxygens (including phenoxy) is 1. The van der Waals surface area contributed by atoms with E-state index in [1.807, 2.05) is 26.8 Å². The molecular formula is C13H18ClN3O2. The number of carbonyl (C=O) groups is 1. The van der Waals surface area contributed by atoms with Gasteiger partial charge in [0.25, 0.3) is 0 Å². The van der Waals surface area contributed by atoms with Crippen molar-refractivity contribution in [2.75, 3.05) is 6.54 Å². The fourth-order valence-corrected chi connectivity index (χ4v) is 2.15. The molecule has 0 bridgehead atoms. The first kappa shape index (κ1) is 14.1. The molecule has 0 spiro atoms. The second kappa shape index (κ2) is 4.98. The summed E-state index contributed by atoms with van der Waals surface area (Å²) in [6.07, 6.45) is -0.358. The Kier molecular flexibility index (Phi) is 3.69. The Morgan fingerprint density at radius 2 is 2.21 bits per heavy atom. The summed E-state index contributed by atoms with van der Waals surface area (Å²) >= 11 is 5.86. The summed E-state index contributed by atoms with van der Waals surface area (Å²) in [5.74, 6) is 0. The van der Waals surface area contributed by atoms with Crippen LogP contribution >= 0.6 is 11.6 Å². The van der Waals surface area contributed by atoms with Crippen LogP contribution in [0, 0.1) is 0 Å². The summed E-state index contributed by atoms with van der Waals surface area (Å²) in [5.41, 5.74) is 7.19. The third kappa shape index (κ3) is 3.36. The maximum Gasteiger partial charge on any atom is 0.410 e. The Balaban J connectivity index is 2.17. The summed E-state index contributed by atoms with van der Waals surface area (Å²) in [4.78, 5) is 17.9. The van der Waals surface area contributed by atoms with Crippen LogP contribution in [0.5, 0.6) is 0 Å². The van der Waals surface area contributed by atoms with Crippen LogP contribution in [0.25, 0.3) is 0 Å². The summed E-state index contributed by atoms with van der Waals surface area (Å²) in [7, 11) is 0. The summed E-state index contributed by atoms with van der Waals surface area (Å²) < 4.78 is 5.35. The topological polar surface area (TPSA) is 68.5 Å². The van der Waals surface area contributed by atoms with E-state index in [-0.39, 0.29) is 12.1 Å². The van der Waals surface area contributed by atoms with E-state index in [1.54, 1.807) is 11.0 Å². The van der Waals surface area contributed by atoms with E-state index in [1.165, 1.54) is 0 Å². The molecule has 0 aliphatic carbocycles. The first-order valence-electron chi connectivity index (χ1n) is 6.15. The van der Waals surface area contributed by atoms with Crippen molar-refractivity contribution >= 4 is 17.7 Å². The van der Waals surface area contributed by atoms with Crippen LogP contribution in [0.2, 0.25) is 5.15 Å². The van der Waals surface area contributed by atoms with Crippen molar-refractivity contribution in [2.45, 2.75) is 39.0 Å². The highest BCUT2D eigenvalue weighted by Gasteiger charge is 2.30. The second-order valence-electron chi connectivity index (χ2n) is 5.65. The van der Waals surface area contributed by atoms with Crippen molar-refractivity contribution in [3.8, 4) is 0 Å². The predicted molar refractivity (Wildman–Crippen MR) is 72.8 cm³/mol. The van der Waals surface area contributed by atoms with Gasteiger partial charge in [0.1, 0.15) is 10.8 Å². The zero-order chi connectivity index (χ0) is 14.2. The van der Waals surface area contributed by atoms with Gasteiger partial charge in [0.05, 0.1) is 18.3 Å². The molecule has 1 unspecified atom stereocenters. The minimum Gasteiger partial charge on any atom is -0.444 e. The lowest BCUT2D eigenvalue weighted by Crippen LogP contribution is -2.43. The van der Waals surface area contributed by atoms with Crippen LogP contribution in [0.15, 0.2) is 12.1 Å². The first-order chi connectivity index (χ1) is 8.76. The zero-order valence-corrected chi connectivity index (χ0v) is 12.1. The standard InChI is InChI=1S/C13H18ClN3O2/c1-13(2,3)19-12(18)17-6-8-4-5-10(14)16-11(8)9(15)7-17/h4-5,9H,6-7,15H2,1-3H3. The Labute approximate surface area is 117 Å². The molecule has 1 amide bonds. The summed E-state index contributed by atoms with van der Waals surface area (Å²) in [6, 6.07) is 3.21. The Morgan fingerprint density at radius 1 is 1.53 bits per heavy atom. The van der Waals surface area contributed by atoms with Gasteiger partial charge in [-0.05, 0) is 32.4 Å². The number of amides is 1. The number of pyridine rings is 1. The second-order valence-corrected chi connectivity index (χ2v) is 6.03. The van der Waals surface area contributed by atoms with Crippen molar-refractivity contribution in [1.29, 1.82) is 0 Å². The van der Waals surface area contributed by atoms with E-state index in [0.29, 0.717) is 18.2 Å². The van der Waals surface area contributed by atoms with E-state index >= 15 is 0 Å². The van der Waals surface area contributed by atoms with Gasteiger partial charge in [0, 0.05) is 6.54 Å². The average Bonchev–Trinajstić information content (AvgIpc) is 2.27. The molecule has 1 aromatic heterocycles. The smallest absolute Gasteiger partial charge is 0.410 e. The molecule has 0 saturated carbocycles. The molecule has 6 heteroatoms. The van der Waals surface area contributed by atoms with Gasteiger partial charge >= 0.3 is 6.09 Å². The molecule has 19 heavy (non-hydrogen) atoms. The molecule has 0 saturated heterocycles. The molecule has 0 radical (unpaired) electrons. The lowest BCUT2D eigenvalue weighted by Gasteiger charge is -2.33. The van der Waals surface area contributed by atoms with E-state index in [9.17, 15) is 4.79 Å². The molecule has 1 aromatic rings. The minimum atomic E-state index is -0.514. The monoisotopic (exact) mass is 283 g/mol. The van der Waals surface area contributed by atoms with Crippen LogP contribution in [-0.2, 0) is 11.3 Å². The normalized spacial score (nSPS) is 19.0. The van der Waals surface area contributed by atoms with E-state index in [2.05, 4.69) is 4.98 Å². The van der Waals surface area contributed by atoms with Crippen molar-refractivity contribution in [3.63, 3.8) is 0 Å². The predicted octanol–water partition coefficient (Wildman–Crippen LogP) is 2.49. The van der Waals surface area contributed by atoms with Gasteiger partial charge < -0.3 is 15.4 Å². The van der Waals surface area contributed by atoms with Crippen LogP contribution in [-0.4, -0.2) is 28.1 Å². The fraction of sp³-hybridized carbons (Fsp3) is 0.538. The maximum atomic E-state index is 12.0. The molecule has 5 nitrogen and oxygen atoms in total. The molecule has 1 atom stereocenters. The van der Waals surface area contributed by atoms with Crippen LogP contribution in [0.4, 0.5) is 4.79 Å². The molecule has 0 aromatic carbocycles. The largest absolute Gasteiger partial charge is 0.444 e. The Morgan fingerprint density at radius 3 is 2.84 bits per heavy atom. The van der Waals surface area contributed by atoms with Crippen molar-refractivity contribution in [2.24, 2.45) is 5.73 Å². The van der Waals surface area contributed by atoms with Gasteiger partial charge in [0.2, 0.25) is 0 Å². The quantitative estimate of drug-likeness (QED) is 0.743. The third-order valence-electron chi connectivity index (χ3n) is 2.76. The first-order valence-corrected chi connectivity index (χ1v) is 6.53. The zero-order valence-electron chi connectivity index (χ0n) is 11.3. The molecular weight excluding hydrogens is 266 g/mol. The SMILES string of the molecule is CC(C)(C)OC(=O)N1Cc2ccc(Cl)nc2C(N)C1. The van der Waals surface area contributed by atoms with E-state index < -0.39 is 5.60 Å². The van der Waals surface area contributed by atoms with E-state index in [4.69, 9.17) is 22.1 Å². The lowest BCUT2D eigenvalue weighted by atomic mass is 10.0. The number of fused-ring (bicyclic) bond motifs is 1. The highest BCUT2D eigenvalue weighted by atomic mass is 35.5. The van der Waals surface area contributed by atoms with Crippen LogP contribution in [0.3, 0.4) is 0 Å². The van der Waals surface area contributed by atoms with Gasteiger partial charge in [-0.2, -0.15) is 0 Å². The molecule has 0 fully saturated rings. The number of hydrogen-bond acceptors (Lipinski definition) is 4. The number of nitrogens with zero attached hydrogens (tertiary/aromatic N) is 2. The average molecular weight is 284 g/mol. The molecule has 2 N–H and O–H groups in total. The molecule has 2 heterocycles. The Hall–Kier alpha value is -1.33. The highest BCUT2D eigenvalue weighted by molar-refractivity contribution is 6.29. The van der Waals surface area contributed by atoms with Crippen molar-refractivity contribution in [1.82, 2.24) is 9.88 Å². The number of aromatic nitrogens is 1. The summed E-state index contributed by atoms with van der Waals surface area (Å²) in [5, 5.41) is 0.417. The minimum absolute atomic E-state index is 0.338. The van der Waals surface area contributed by atoms with Gasteiger partial charge in [-0.1, -0.05) is 17.7 Å². The summed E-state index contributed by atoms with van der Waals surface area (Å²) in [6.45, 7) is 6.34. The maximum absolute atomic E-state index is 12.0. The molecule has 104 valence electrons. The number of hydrogen-bond donors (Lipinski definition) is 1. The van der Waals surface area contributed by atoms with Gasteiger partial charge in [0.15, 0.2) is 0 Å². The molecule has 1 aliphatic heterocycles. The van der Waals surface area contributed by atoms with Crippen LogP contribution < -0.4 is 5.73 Å². The number of nitrogens with two attached hydrogens (primary N) is 1. The van der Waals surface area contributed by atoms with Gasteiger partial charge in [-0.15, -0.1) is 0 Å². The number of halogens is 1. The van der Waals surface area contributed by atoms with Crippen LogP contribution in [0.1, 0.15) is 38.1 Å².